The molecule has 1 aromatic carbocycles. The lowest BCUT2D eigenvalue weighted by atomic mass is 9.97. The van der Waals surface area contributed by atoms with Crippen molar-refractivity contribution in [1.29, 1.82) is 0 Å². The van der Waals surface area contributed by atoms with Crippen molar-refractivity contribution in [1.82, 2.24) is 19.5 Å². The predicted molar refractivity (Wildman–Crippen MR) is 153 cm³/mol. The van der Waals surface area contributed by atoms with Crippen molar-refractivity contribution >= 4 is 27.3 Å². The molecule has 208 valence electrons. The zero-order valence-electron chi connectivity index (χ0n) is 23.5. The molecule has 2 aromatic heterocycles. The van der Waals surface area contributed by atoms with Gasteiger partial charge in [-0.05, 0) is 71.1 Å². The van der Waals surface area contributed by atoms with Crippen LogP contribution in [0.25, 0.3) is 5.65 Å². The number of nitrogens with two attached hydrogens (primary N) is 1. The number of rotatable bonds is 7. The molecule has 0 saturated carbocycles. The Morgan fingerprint density at radius 2 is 1.89 bits per heavy atom. The summed E-state index contributed by atoms with van der Waals surface area (Å²) < 4.78 is 27.9. The first kappa shape index (κ1) is 29.6. The fourth-order valence-electron chi connectivity index (χ4n) is 4.80. The third-order valence-electron chi connectivity index (χ3n) is 6.74. The first-order valence-electron chi connectivity index (χ1n) is 13.4. The van der Waals surface area contributed by atoms with Gasteiger partial charge in [0, 0.05) is 30.0 Å². The van der Waals surface area contributed by atoms with Crippen LogP contribution < -0.4 is 10.5 Å². The number of nitrogens with zero attached hydrogens (tertiary/aromatic N) is 4. The molecule has 1 amide bonds. The monoisotopic (exact) mass is 542 g/mol. The average Bonchev–Trinajstić information content (AvgIpc) is 3.29. The van der Waals surface area contributed by atoms with Gasteiger partial charge in [0.05, 0.1) is 29.2 Å². The zero-order chi connectivity index (χ0) is 28.0. The second-order valence-corrected chi connectivity index (χ2v) is 12.0. The van der Waals surface area contributed by atoms with E-state index >= 15 is 0 Å². The maximum atomic E-state index is 13.6. The van der Waals surface area contributed by atoms with Gasteiger partial charge in [-0.2, -0.15) is 5.10 Å². The maximum Gasteiger partial charge on any atom is 0.256 e. The quantitative estimate of drug-likeness (QED) is 0.437. The SMILES string of the molecule is CCC[C@H](N)CC.Cc1ccc(NS(C)(=O)=O)c(C(=O)N2CCCC[C@H]2c2cc3nc(C)cc(C)n3n2)c1. The number of aryl methyl sites for hydroxylation is 3. The molecular weight excluding hydrogens is 500 g/mol. The minimum atomic E-state index is -3.51. The second-order valence-electron chi connectivity index (χ2n) is 10.3. The topological polar surface area (TPSA) is 123 Å². The summed E-state index contributed by atoms with van der Waals surface area (Å²) in [6.45, 7) is 10.7. The minimum absolute atomic E-state index is 0.186. The van der Waals surface area contributed by atoms with E-state index in [2.05, 4.69) is 23.6 Å². The van der Waals surface area contributed by atoms with Gasteiger partial charge in [0.15, 0.2) is 5.65 Å². The molecule has 0 bridgehead atoms. The number of fused-ring (bicyclic) bond motifs is 1. The third kappa shape index (κ3) is 7.54. The molecule has 10 heteroatoms. The zero-order valence-corrected chi connectivity index (χ0v) is 24.3. The summed E-state index contributed by atoms with van der Waals surface area (Å²) in [5, 5.41) is 4.75. The van der Waals surface area contributed by atoms with E-state index in [-0.39, 0.29) is 11.9 Å². The molecule has 1 saturated heterocycles. The van der Waals surface area contributed by atoms with Gasteiger partial charge in [0.1, 0.15) is 0 Å². The van der Waals surface area contributed by atoms with E-state index in [1.54, 1.807) is 18.2 Å². The molecule has 38 heavy (non-hydrogen) atoms. The molecule has 3 aromatic rings. The van der Waals surface area contributed by atoms with Crippen molar-refractivity contribution < 1.29 is 13.2 Å². The summed E-state index contributed by atoms with van der Waals surface area (Å²) in [7, 11) is -3.51. The molecule has 0 aliphatic carbocycles. The molecule has 3 heterocycles. The van der Waals surface area contributed by atoms with Crippen LogP contribution >= 0.6 is 0 Å². The van der Waals surface area contributed by atoms with Crippen molar-refractivity contribution in [3.8, 4) is 0 Å². The Kier molecular flexibility index (Phi) is 9.89. The number of aromatic nitrogens is 3. The lowest BCUT2D eigenvalue weighted by Crippen LogP contribution is -2.39. The molecule has 2 atom stereocenters. The number of benzene rings is 1. The number of carbonyl (C=O) groups is 1. The number of anilines is 1. The highest BCUT2D eigenvalue weighted by Gasteiger charge is 2.32. The van der Waals surface area contributed by atoms with E-state index in [9.17, 15) is 13.2 Å². The Morgan fingerprint density at radius 1 is 1.16 bits per heavy atom. The van der Waals surface area contributed by atoms with Gasteiger partial charge >= 0.3 is 0 Å². The Hall–Kier alpha value is -2.98. The van der Waals surface area contributed by atoms with Crippen molar-refractivity contribution in [3.63, 3.8) is 0 Å². The van der Waals surface area contributed by atoms with E-state index in [0.29, 0.717) is 23.8 Å². The van der Waals surface area contributed by atoms with E-state index < -0.39 is 10.0 Å². The highest BCUT2D eigenvalue weighted by Crippen LogP contribution is 2.33. The predicted octanol–water partition coefficient (Wildman–Crippen LogP) is 4.92. The normalized spacial score (nSPS) is 16.6. The smallest absolute Gasteiger partial charge is 0.256 e. The van der Waals surface area contributed by atoms with Gasteiger partial charge in [-0.3, -0.25) is 9.52 Å². The summed E-state index contributed by atoms with van der Waals surface area (Å²) in [4.78, 5) is 20.0. The molecular formula is C28H42N6O3S. The molecule has 3 N–H and O–H groups in total. The van der Waals surface area contributed by atoms with E-state index in [4.69, 9.17) is 10.8 Å². The third-order valence-corrected chi connectivity index (χ3v) is 7.33. The van der Waals surface area contributed by atoms with Crippen molar-refractivity contribution in [3.05, 3.63) is 58.5 Å². The Morgan fingerprint density at radius 3 is 2.53 bits per heavy atom. The summed E-state index contributed by atoms with van der Waals surface area (Å²) in [5.41, 5.74) is 10.6. The number of likely N-dealkylation sites (tertiary alicyclic amines) is 1. The van der Waals surface area contributed by atoms with Crippen LogP contribution in [0.4, 0.5) is 5.69 Å². The number of amides is 1. The fraction of sp³-hybridized carbons (Fsp3) is 0.536. The summed E-state index contributed by atoms with van der Waals surface area (Å²) in [5.74, 6) is -0.197. The fourth-order valence-corrected chi connectivity index (χ4v) is 5.38. The van der Waals surface area contributed by atoms with Crippen LogP contribution in [0.1, 0.15) is 91.4 Å². The number of carbonyl (C=O) groups excluding carboxylic acids is 1. The Bertz CT molecular complexity index is 1370. The van der Waals surface area contributed by atoms with Gasteiger partial charge in [-0.25, -0.2) is 17.9 Å². The standard InChI is InChI=1S/C22H27N5O3S.C6H15N/c1-14-8-9-18(25-31(4,29)30)17(11-14)22(28)26-10-6-5-7-20(26)19-13-21-23-15(2)12-16(3)27(21)24-19;1-3-5-6(7)4-2/h8-9,11-13,20,25H,5-7,10H2,1-4H3;6H,3-5,7H2,1-2H3/t20-;6-/m01/s1. The van der Waals surface area contributed by atoms with Gasteiger partial charge in [-0.15, -0.1) is 0 Å². The highest BCUT2D eigenvalue weighted by atomic mass is 32.2. The largest absolute Gasteiger partial charge is 0.330 e. The van der Waals surface area contributed by atoms with Crippen LogP contribution in [-0.4, -0.2) is 52.7 Å². The van der Waals surface area contributed by atoms with E-state index in [1.807, 2.05) is 42.3 Å². The molecule has 0 spiro atoms. The molecule has 1 fully saturated rings. The van der Waals surface area contributed by atoms with Gasteiger partial charge in [0.25, 0.3) is 5.91 Å². The van der Waals surface area contributed by atoms with Gasteiger partial charge < -0.3 is 10.6 Å². The van der Waals surface area contributed by atoms with Crippen LogP contribution in [0.5, 0.6) is 0 Å². The first-order chi connectivity index (χ1) is 17.9. The Balaban J connectivity index is 0.000000505. The Labute approximate surface area is 226 Å². The first-order valence-corrected chi connectivity index (χ1v) is 15.3. The van der Waals surface area contributed by atoms with E-state index in [1.165, 1.54) is 12.8 Å². The van der Waals surface area contributed by atoms with E-state index in [0.717, 1.165) is 60.2 Å². The molecule has 0 unspecified atom stereocenters. The minimum Gasteiger partial charge on any atom is -0.330 e. The average molecular weight is 543 g/mol. The number of nitrogens with one attached hydrogen (secondary N) is 1. The highest BCUT2D eigenvalue weighted by molar-refractivity contribution is 7.92. The van der Waals surface area contributed by atoms with Gasteiger partial charge in [0.2, 0.25) is 10.0 Å². The van der Waals surface area contributed by atoms with Crippen LogP contribution in [-0.2, 0) is 10.0 Å². The second kappa shape index (κ2) is 12.7. The van der Waals surface area contributed by atoms with Crippen molar-refractivity contribution in [2.24, 2.45) is 5.73 Å². The van der Waals surface area contributed by atoms with Crippen LogP contribution in [0, 0.1) is 20.8 Å². The lowest BCUT2D eigenvalue weighted by molar-refractivity contribution is 0.0606. The number of piperidine rings is 1. The van der Waals surface area contributed by atoms with Crippen LogP contribution in [0.15, 0.2) is 30.3 Å². The maximum absolute atomic E-state index is 13.6. The number of sulfonamides is 1. The summed E-state index contributed by atoms with van der Waals surface area (Å²) in [6.07, 6.45) is 7.29. The molecule has 1 aliphatic rings. The lowest BCUT2D eigenvalue weighted by Gasteiger charge is -2.35. The summed E-state index contributed by atoms with van der Waals surface area (Å²) in [6, 6.07) is 9.35. The van der Waals surface area contributed by atoms with Crippen molar-refractivity contribution in [2.45, 2.75) is 85.2 Å². The number of hydrogen-bond donors (Lipinski definition) is 2. The van der Waals surface area contributed by atoms with Crippen LogP contribution in [0.2, 0.25) is 0 Å². The molecule has 9 nitrogen and oxygen atoms in total. The van der Waals surface area contributed by atoms with Crippen LogP contribution in [0.3, 0.4) is 0 Å². The van der Waals surface area contributed by atoms with Crippen molar-refractivity contribution in [2.75, 3.05) is 17.5 Å². The molecule has 0 radical (unpaired) electrons. The van der Waals surface area contributed by atoms with Gasteiger partial charge in [-0.1, -0.05) is 31.9 Å². The molecule has 1 aliphatic heterocycles. The number of hydrogen-bond acceptors (Lipinski definition) is 6. The molecule has 4 rings (SSSR count). The summed E-state index contributed by atoms with van der Waals surface area (Å²) >= 11 is 0.